The van der Waals surface area contributed by atoms with Crippen LogP contribution in [0, 0.1) is 5.92 Å². The highest BCUT2D eigenvalue weighted by atomic mass is 79.9. The van der Waals surface area contributed by atoms with Crippen molar-refractivity contribution in [2.45, 2.75) is 17.7 Å². The lowest BCUT2D eigenvalue weighted by molar-refractivity contribution is 1.00. The molecule has 1 aromatic carbocycles. The largest absolute Gasteiger partial charge is 0.305 e. The van der Waals surface area contributed by atoms with E-state index in [1.165, 1.54) is 23.5 Å². The van der Waals surface area contributed by atoms with Crippen molar-refractivity contribution in [3.63, 3.8) is 0 Å². The van der Waals surface area contributed by atoms with Crippen LogP contribution in [-0.2, 0) is 0 Å². The molecule has 1 N–H and O–H groups in total. The molecule has 0 bridgehead atoms. The number of amidine groups is 1. The summed E-state index contributed by atoms with van der Waals surface area (Å²) in [5, 5.41) is 1.04. The number of thioether (sulfide) groups is 1. The average Bonchev–Trinajstić information content (AvgIpc) is 3.09. The molecule has 2 aliphatic rings. The smallest absolute Gasteiger partial charge is 0.172 e. The Morgan fingerprint density at radius 2 is 2.38 bits per heavy atom. The van der Waals surface area contributed by atoms with Gasteiger partial charge in [-0.2, -0.15) is 0 Å². The maximum Gasteiger partial charge on any atom is 0.172 e. The van der Waals surface area contributed by atoms with E-state index in [4.69, 9.17) is 0 Å². The number of nitrogens with zero attached hydrogens (tertiary/aromatic N) is 1. The van der Waals surface area contributed by atoms with E-state index in [9.17, 15) is 0 Å². The van der Waals surface area contributed by atoms with Gasteiger partial charge in [0.1, 0.15) is 0 Å². The van der Waals surface area contributed by atoms with Gasteiger partial charge in [-0.1, -0.05) is 27.7 Å². The minimum atomic E-state index is 0.934. The predicted octanol–water partition coefficient (Wildman–Crippen LogP) is 4.19. The van der Waals surface area contributed by atoms with Crippen LogP contribution in [0.3, 0.4) is 0 Å². The van der Waals surface area contributed by atoms with E-state index in [0.717, 1.165) is 21.2 Å². The molecule has 1 aliphatic heterocycles. The van der Waals surface area contributed by atoms with Crippen LogP contribution < -0.4 is 4.72 Å². The van der Waals surface area contributed by atoms with Crippen molar-refractivity contribution in [2.75, 3.05) is 5.75 Å². The van der Waals surface area contributed by atoms with Gasteiger partial charge >= 0.3 is 0 Å². The van der Waals surface area contributed by atoms with Gasteiger partial charge in [-0.15, -0.1) is 0 Å². The standard InChI is InChI=1S/C11H11BrN2S2/c12-8-3-4-10-9(5-8)13-11(14-16-10)15-6-7-1-2-7/h3-5,7H,1-2,6H2,(H,13,14). The highest BCUT2D eigenvalue weighted by Gasteiger charge is 2.22. The van der Waals surface area contributed by atoms with E-state index in [1.807, 2.05) is 17.8 Å². The van der Waals surface area contributed by atoms with Crippen LogP contribution in [-0.4, -0.2) is 10.9 Å². The molecule has 1 aromatic rings. The normalized spacial score (nSPS) is 18.7. The number of nitrogens with one attached hydrogen (secondary N) is 1. The van der Waals surface area contributed by atoms with Crippen molar-refractivity contribution in [3.8, 4) is 0 Å². The lowest BCUT2D eigenvalue weighted by Crippen LogP contribution is -2.15. The van der Waals surface area contributed by atoms with E-state index in [2.05, 4.69) is 37.8 Å². The van der Waals surface area contributed by atoms with Crippen LogP contribution in [0.2, 0.25) is 0 Å². The summed E-state index contributed by atoms with van der Waals surface area (Å²) in [7, 11) is 0. The quantitative estimate of drug-likeness (QED) is 0.828. The first-order valence-electron chi connectivity index (χ1n) is 5.25. The van der Waals surface area contributed by atoms with Gasteiger partial charge in [0.25, 0.3) is 0 Å². The Balaban J connectivity index is 1.76. The number of halogens is 1. The molecule has 0 spiro atoms. The molecule has 0 amide bonds. The fourth-order valence-electron chi connectivity index (χ4n) is 1.44. The molecule has 1 aliphatic carbocycles. The summed E-state index contributed by atoms with van der Waals surface area (Å²) in [5.41, 5.74) is 1.07. The highest BCUT2D eigenvalue weighted by Crippen LogP contribution is 2.37. The highest BCUT2D eigenvalue weighted by molar-refractivity contribution is 9.10. The van der Waals surface area contributed by atoms with Gasteiger partial charge in [-0.05, 0) is 48.9 Å². The second-order valence-corrected chi connectivity index (χ2v) is 6.76. The SMILES string of the molecule is Brc1ccc2c(c1)N=C(SCC1CC1)NS2. The van der Waals surface area contributed by atoms with Crippen molar-refractivity contribution in [3.05, 3.63) is 22.7 Å². The molecule has 0 radical (unpaired) electrons. The Morgan fingerprint density at radius 1 is 1.50 bits per heavy atom. The number of hydrogen-bond donors (Lipinski definition) is 1. The zero-order chi connectivity index (χ0) is 11.0. The van der Waals surface area contributed by atoms with Crippen molar-refractivity contribution in [1.29, 1.82) is 0 Å². The fourth-order valence-corrected chi connectivity index (χ4v) is 3.63. The van der Waals surface area contributed by atoms with Gasteiger partial charge in [-0.3, -0.25) is 0 Å². The van der Waals surface area contributed by atoms with E-state index in [1.54, 1.807) is 11.9 Å². The molecule has 1 heterocycles. The molecule has 0 atom stereocenters. The number of fused-ring (bicyclic) bond motifs is 1. The predicted molar refractivity (Wildman–Crippen MR) is 75.4 cm³/mol. The first-order valence-corrected chi connectivity index (χ1v) is 7.85. The van der Waals surface area contributed by atoms with Gasteiger partial charge in [-0.25, -0.2) is 4.99 Å². The number of hydrogen-bond acceptors (Lipinski definition) is 4. The molecule has 5 heteroatoms. The van der Waals surface area contributed by atoms with Crippen LogP contribution in [0.1, 0.15) is 12.8 Å². The molecule has 2 nitrogen and oxygen atoms in total. The Morgan fingerprint density at radius 3 is 3.19 bits per heavy atom. The molecule has 1 fully saturated rings. The Hall–Kier alpha value is -0.130. The first-order chi connectivity index (χ1) is 7.81. The molecule has 84 valence electrons. The van der Waals surface area contributed by atoms with Crippen LogP contribution >= 0.6 is 39.6 Å². The minimum absolute atomic E-state index is 0.934. The third kappa shape index (κ3) is 2.57. The summed E-state index contributed by atoms with van der Waals surface area (Å²) in [6.07, 6.45) is 2.80. The van der Waals surface area contributed by atoms with Crippen molar-refractivity contribution < 1.29 is 0 Å². The lowest BCUT2D eigenvalue weighted by Gasteiger charge is -2.15. The second kappa shape index (κ2) is 4.63. The zero-order valence-electron chi connectivity index (χ0n) is 8.57. The van der Waals surface area contributed by atoms with Gasteiger partial charge in [0.2, 0.25) is 0 Å². The minimum Gasteiger partial charge on any atom is -0.305 e. The Bertz CT molecular complexity index is 444. The topological polar surface area (TPSA) is 24.4 Å². The number of benzene rings is 1. The fraction of sp³-hybridized carbons (Fsp3) is 0.364. The third-order valence-corrected chi connectivity index (χ3v) is 5.13. The van der Waals surface area contributed by atoms with E-state index < -0.39 is 0 Å². The summed E-state index contributed by atoms with van der Waals surface area (Å²) < 4.78 is 4.38. The average molecular weight is 315 g/mol. The van der Waals surface area contributed by atoms with Crippen molar-refractivity contribution in [1.82, 2.24) is 4.72 Å². The number of rotatable bonds is 2. The molecule has 1 saturated carbocycles. The van der Waals surface area contributed by atoms with Crippen molar-refractivity contribution in [2.24, 2.45) is 10.9 Å². The maximum atomic E-state index is 4.62. The van der Waals surface area contributed by atoms with Gasteiger partial charge in [0, 0.05) is 10.2 Å². The van der Waals surface area contributed by atoms with Crippen LogP contribution in [0.15, 0.2) is 32.6 Å². The molecule has 0 aromatic heterocycles. The van der Waals surface area contributed by atoms with E-state index in [0.29, 0.717) is 0 Å². The van der Waals surface area contributed by atoms with E-state index >= 15 is 0 Å². The molecular formula is C11H11BrN2S2. The third-order valence-electron chi connectivity index (χ3n) is 2.54. The van der Waals surface area contributed by atoms with E-state index in [-0.39, 0.29) is 0 Å². The van der Waals surface area contributed by atoms with Gasteiger partial charge < -0.3 is 4.72 Å². The molecule has 0 saturated heterocycles. The Labute approximate surface area is 112 Å². The maximum absolute atomic E-state index is 4.62. The van der Waals surface area contributed by atoms with Crippen LogP contribution in [0.5, 0.6) is 0 Å². The van der Waals surface area contributed by atoms with Gasteiger partial charge in [0.05, 0.1) is 10.6 Å². The first kappa shape index (κ1) is 11.0. The Kier molecular flexibility index (Phi) is 3.18. The monoisotopic (exact) mass is 314 g/mol. The lowest BCUT2D eigenvalue weighted by atomic mass is 10.3. The summed E-state index contributed by atoms with van der Waals surface area (Å²) in [4.78, 5) is 5.82. The number of aliphatic imine (C=N–C) groups is 1. The van der Waals surface area contributed by atoms with Crippen LogP contribution in [0.4, 0.5) is 5.69 Å². The summed E-state index contributed by atoms with van der Waals surface area (Å²) >= 11 is 6.97. The molecule has 3 rings (SSSR count). The molecule has 0 unspecified atom stereocenters. The summed E-state index contributed by atoms with van der Waals surface area (Å²) in [5.74, 6) is 2.14. The van der Waals surface area contributed by atoms with Crippen LogP contribution in [0.25, 0.3) is 0 Å². The second-order valence-electron chi connectivity index (χ2n) is 3.99. The zero-order valence-corrected chi connectivity index (χ0v) is 11.8. The molecular weight excluding hydrogens is 304 g/mol. The van der Waals surface area contributed by atoms with Crippen molar-refractivity contribution >= 4 is 50.5 Å². The summed E-state index contributed by atoms with van der Waals surface area (Å²) in [6.45, 7) is 0. The van der Waals surface area contributed by atoms with Gasteiger partial charge in [0.15, 0.2) is 5.17 Å². The summed E-state index contributed by atoms with van der Waals surface area (Å²) in [6, 6.07) is 6.20. The molecule has 16 heavy (non-hydrogen) atoms.